The SMILES string of the molecule is COC(=O)c1ccc(C(O)CC(F)(F)F)cc1. The molecular weight excluding hydrogens is 237 g/mol. The van der Waals surface area contributed by atoms with Gasteiger partial charge in [0.05, 0.1) is 25.2 Å². The van der Waals surface area contributed by atoms with E-state index in [9.17, 15) is 23.1 Å². The van der Waals surface area contributed by atoms with E-state index in [0.717, 1.165) is 0 Å². The highest BCUT2D eigenvalue weighted by Crippen LogP contribution is 2.29. The van der Waals surface area contributed by atoms with Crippen LogP contribution < -0.4 is 0 Å². The molecule has 0 heterocycles. The van der Waals surface area contributed by atoms with Crippen LogP contribution in [0.15, 0.2) is 24.3 Å². The molecule has 0 aliphatic heterocycles. The first-order valence-electron chi connectivity index (χ1n) is 4.76. The summed E-state index contributed by atoms with van der Waals surface area (Å²) in [7, 11) is 1.20. The van der Waals surface area contributed by atoms with E-state index < -0.39 is 24.7 Å². The summed E-state index contributed by atoms with van der Waals surface area (Å²) in [5.74, 6) is -0.582. The molecule has 0 fully saturated rings. The molecule has 0 bridgehead atoms. The van der Waals surface area contributed by atoms with Gasteiger partial charge in [-0.3, -0.25) is 0 Å². The number of benzene rings is 1. The van der Waals surface area contributed by atoms with Crippen LogP contribution in [0.3, 0.4) is 0 Å². The zero-order chi connectivity index (χ0) is 13.1. The van der Waals surface area contributed by atoms with Crippen LogP contribution in [0.1, 0.15) is 28.4 Å². The number of alkyl halides is 3. The number of esters is 1. The minimum Gasteiger partial charge on any atom is -0.465 e. The Morgan fingerprint density at radius 3 is 2.29 bits per heavy atom. The maximum atomic E-state index is 12.0. The monoisotopic (exact) mass is 248 g/mol. The summed E-state index contributed by atoms with van der Waals surface area (Å²) in [6, 6.07) is 5.15. The first kappa shape index (κ1) is 13.5. The molecule has 1 atom stereocenters. The quantitative estimate of drug-likeness (QED) is 0.836. The Kier molecular flexibility index (Phi) is 4.11. The Bertz CT molecular complexity index is 384. The van der Waals surface area contributed by atoms with Crippen molar-refractivity contribution in [2.45, 2.75) is 18.7 Å². The molecule has 1 aromatic carbocycles. The molecule has 1 unspecified atom stereocenters. The fourth-order valence-electron chi connectivity index (χ4n) is 1.30. The minimum absolute atomic E-state index is 0.106. The van der Waals surface area contributed by atoms with Crippen LogP contribution in [-0.2, 0) is 4.74 Å². The average Bonchev–Trinajstić information content (AvgIpc) is 2.26. The predicted molar refractivity (Wildman–Crippen MR) is 53.4 cm³/mol. The molecule has 6 heteroatoms. The summed E-state index contributed by atoms with van der Waals surface area (Å²) in [6.45, 7) is 0. The van der Waals surface area contributed by atoms with E-state index in [1.165, 1.54) is 31.4 Å². The van der Waals surface area contributed by atoms with Gasteiger partial charge in [-0.25, -0.2) is 4.79 Å². The first-order chi connectivity index (χ1) is 7.83. The molecule has 1 aromatic rings. The Hall–Kier alpha value is -1.56. The summed E-state index contributed by atoms with van der Waals surface area (Å²) in [6.07, 6.45) is -7.37. The van der Waals surface area contributed by atoms with Crippen LogP contribution in [0, 0.1) is 0 Å². The fraction of sp³-hybridized carbons (Fsp3) is 0.364. The normalized spacial score (nSPS) is 13.2. The Morgan fingerprint density at radius 2 is 1.88 bits per heavy atom. The number of halogens is 3. The molecule has 1 N–H and O–H groups in total. The van der Waals surface area contributed by atoms with Gasteiger partial charge in [-0.05, 0) is 17.7 Å². The van der Waals surface area contributed by atoms with Crippen molar-refractivity contribution in [3.05, 3.63) is 35.4 Å². The number of carbonyl (C=O) groups is 1. The number of methoxy groups -OCH3 is 1. The lowest BCUT2D eigenvalue weighted by molar-refractivity contribution is -0.154. The van der Waals surface area contributed by atoms with E-state index in [4.69, 9.17) is 0 Å². The second-order valence-corrected chi connectivity index (χ2v) is 3.45. The van der Waals surface area contributed by atoms with E-state index >= 15 is 0 Å². The van der Waals surface area contributed by atoms with Crippen molar-refractivity contribution >= 4 is 5.97 Å². The van der Waals surface area contributed by atoms with Gasteiger partial charge in [-0.1, -0.05) is 12.1 Å². The van der Waals surface area contributed by atoms with Crippen molar-refractivity contribution in [2.75, 3.05) is 7.11 Å². The van der Waals surface area contributed by atoms with E-state index in [0.29, 0.717) is 0 Å². The Balaban J connectivity index is 2.77. The van der Waals surface area contributed by atoms with Crippen LogP contribution in [0.5, 0.6) is 0 Å². The van der Waals surface area contributed by atoms with E-state index in [2.05, 4.69) is 4.74 Å². The summed E-state index contributed by atoms with van der Waals surface area (Å²) in [5.41, 5.74) is 0.324. The number of carbonyl (C=O) groups excluding carboxylic acids is 1. The number of aliphatic hydroxyl groups is 1. The predicted octanol–water partition coefficient (Wildman–Crippen LogP) is 2.46. The molecule has 0 aromatic heterocycles. The maximum Gasteiger partial charge on any atom is 0.391 e. The van der Waals surface area contributed by atoms with Crippen LogP contribution in [0.2, 0.25) is 0 Å². The van der Waals surface area contributed by atoms with Crippen molar-refractivity contribution in [1.82, 2.24) is 0 Å². The summed E-state index contributed by atoms with van der Waals surface area (Å²) in [4.78, 5) is 11.1. The van der Waals surface area contributed by atoms with Gasteiger partial charge in [0, 0.05) is 0 Å². The number of aliphatic hydroxyl groups excluding tert-OH is 1. The van der Waals surface area contributed by atoms with Crippen LogP contribution in [0.25, 0.3) is 0 Å². The third-order valence-electron chi connectivity index (χ3n) is 2.14. The third kappa shape index (κ3) is 4.07. The van der Waals surface area contributed by atoms with Gasteiger partial charge in [-0.2, -0.15) is 13.2 Å². The molecular formula is C11H11F3O3. The zero-order valence-corrected chi connectivity index (χ0v) is 8.99. The molecule has 0 radical (unpaired) electrons. The number of hydrogen-bond acceptors (Lipinski definition) is 3. The molecule has 0 amide bonds. The highest BCUT2D eigenvalue weighted by molar-refractivity contribution is 5.89. The van der Waals surface area contributed by atoms with Crippen molar-refractivity contribution in [2.24, 2.45) is 0 Å². The van der Waals surface area contributed by atoms with E-state index in [-0.39, 0.29) is 11.1 Å². The van der Waals surface area contributed by atoms with Gasteiger partial charge >= 0.3 is 12.1 Å². The number of hydrogen-bond donors (Lipinski definition) is 1. The van der Waals surface area contributed by atoms with Crippen molar-refractivity contribution < 1.29 is 27.8 Å². The standard InChI is InChI=1S/C11H11F3O3/c1-17-10(16)8-4-2-7(3-5-8)9(15)6-11(12,13)14/h2-5,9,15H,6H2,1H3. The highest BCUT2D eigenvalue weighted by Gasteiger charge is 2.31. The van der Waals surface area contributed by atoms with Gasteiger partial charge in [0.2, 0.25) is 0 Å². The maximum absolute atomic E-state index is 12.0. The summed E-state index contributed by atoms with van der Waals surface area (Å²) in [5, 5.41) is 9.31. The molecule has 0 aliphatic rings. The van der Waals surface area contributed by atoms with Crippen molar-refractivity contribution in [1.29, 1.82) is 0 Å². The molecule has 3 nitrogen and oxygen atoms in total. The molecule has 0 saturated heterocycles. The van der Waals surface area contributed by atoms with Gasteiger partial charge in [-0.15, -0.1) is 0 Å². The second kappa shape index (κ2) is 5.18. The fourth-order valence-corrected chi connectivity index (χ4v) is 1.30. The van der Waals surface area contributed by atoms with E-state index in [1.807, 2.05) is 0 Å². The summed E-state index contributed by atoms with van der Waals surface area (Å²) >= 11 is 0. The largest absolute Gasteiger partial charge is 0.465 e. The van der Waals surface area contributed by atoms with Crippen molar-refractivity contribution in [3.63, 3.8) is 0 Å². The molecule has 17 heavy (non-hydrogen) atoms. The Labute approximate surface area is 95.8 Å². The zero-order valence-electron chi connectivity index (χ0n) is 8.99. The molecule has 0 spiro atoms. The average molecular weight is 248 g/mol. The third-order valence-corrected chi connectivity index (χ3v) is 2.14. The summed E-state index contributed by atoms with van der Waals surface area (Å²) < 4.78 is 40.5. The topological polar surface area (TPSA) is 46.5 Å². The number of ether oxygens (including phenoxy) is 1. The van der Waals surface area contributed by atoms with Gasteiger partial charge in [0.15, 0.2) is 0 Å². The first-order valence-corrected chi connectivity index (χ1v) is 4.76. The lowest BCUT2D eigenvalue weighted by atomic mass is 10.0. The molecule has 0 aliphatic carbocycles. The van der Waals surface area contributed by atoms with Gasteiger partial charge in [0.1, 0.15) is 0 Å². The van der Waals surface area contributed by atoms with Crippen molar-refractivity contribution in [3.8, 4) is 0 Å². The smallest absolute Gasteiger partial charge is 0.391 e. The lowest BCUT2D eigenvalue weighted by Gasteiger charge is -2.13. The second-order valence-electron chi connectivity index (χ2n) is 3.45. The van der Waals surface area contributed by atoms with Crippen LogP contribution in [-0.4, -0.2) is 24.4 Å². The molecule has 94 valence electrons. The Morgan fingerprint density at radius 1 is 1.35 bits per heavy atom. The molecule has 1 rings (SSSR count). The highest BCUT2D eigenvalue weighted by atomic mass is 19.4. The lowest BCUT2D eigenvalue weighted by Crippen LogP contribution is -2.13. The van der Waals surface area contributed by atoms with Crippen LogP contribution >= 0.6 is 0 Å². The number of rotatable bonds is 3. The van der Waals surface area contributed by atoms with Crippen LogP contribution in [0.4, 0.5) is 13.2 Å². The van der Waals surface area contributed by atoms with Gasteiger partial charge in [0.25, 0.3) is 0 Å². The van der Waals surface area contributed by atoms with E-state index in [1.54, 1.807) is 0 Å². The van der Waals surface area contributed by atoms with Gasteiger partial charge < -0.3 is 9.84 Å². The molecule has 0 saturated carbocycles. The minimum atomic E-state index is -4.43.